The number of benzene rings is 2. The van der Waals surface area contributed by atoms with Crippen molar-refractivity contribution in [3.05, 3.63) is 67.0 Å². The van der Waals surface area contributed by atoms with Crippen LogP contribution in [-0.2, 0) is 24.4 Å². The van der Waals surface area contributed by atoms with Crippen LogP contribution in [0.5, 0.6) is 0 Å². The van der Waals surface area contributed by atoms with Gasteiger partial charge in [0, 0.05) is 43.6 Å². The Labute approximate surface area is 251 Å². The number of amides is 2. The fraction of sp³-hybridized carbons (Fsp3) is 0.419. The molecule has 43 heavy (non-hydrogen) atoms. The number of piperidine rings is 2. The maximum Gasteiger partial charge on any atom is 0.241 e. The number of carbonyl (C=O) groups excluding carboxylic acids is 3. The number of fused-ring (bicyclic) bond motifs is 1. The summed E-state index contributed by atoms with van der Waals surface area (Å²) < 4.78 is 28.0. The number of hydrogen-bond acceptors (Lipinski definition) is 8. The van der Waals surface area contributed by atoms with Gasteiger partial charge in [0.2, 0.25) is 21.8 Å². The molecule has 0 spiro atoms. The maximum atomic E-state index is 13.4. The lowest BCUT2D eigenvalue weighted by molar-refractivity contribution is -0.132. The lowest BCUT2D eigenvalue weighted by Gasteiger charge is -2.34. The predicted octanol–water partition coefficient (Wildman–Crippen LogP) is 1.74. The number of carbonyl (C=O) groups is 3. The van der Waals surface area contributed by atoms with Gasteiger partial charge < -0.3 is 20.9 Å². The van der Waals surface area contributed by atoms with E-state index in [1.165, 1.54) is 6.07 Å². The predicted molar refractivity (Wildman–Crippen MR) is 164 cm³/mol. The van der Waals surface area contributed by atoms with Crippen molar-refractivity contribution < 1.29 is 22.8 Å². The normalized spacial score (nSPS) is 18.6. The molecule has 0 bridgehead atoms. The Morgan fingerprint density at radius 3 is 2.42 bits per heavy atom. The Morgan fingerprint density at radius 1 is 0.953 bits per heavy atom. The Balaban J connectivity index is 1.17. The highest BCUT2D eigenvalue weighted by Gasteiger charge is 2.32. The van der Waals surface area contributed by atoms with Gasteiger partial charge in [0.1, 0.15) is 6.04 Å². The van der Waals surface area contributed by atoms with E-state index in [2.05, 4.69) is 30.6 Å². The second-order valence-corrected chi connectivity index (χ2v) is 12.8. The monoisotopic (exact) mass is 606 g/mol. The molecule has 4 N–H and O–H groups in total. The summed E-state index contributed by atoms with van der Waals surface area (Å²) in [5.74, 6) is -1.25. The van der Waals surface area contributed by atoms with E-state index in [0.717, 1.165) is 29.3 Å². The minimum atomic E-state index is -3.94. The van der Waals surface area contributed by atoms with Gasteiger partial charge in [-0.3, -0.25) is 19.4 Å². The number of aromatic nitrogens is 1. The quantitative estimate of drug-likeness (QED) is 0.258. The fourth-order valence-electron chi connectivity index (χ4n) is 5.66. The first-order chi connectivity index (χ1) is 20.8. The number of ketones is 1. The molecule has 228 valence electrons. The molecular formula is C31H38N6O5S. The van der Waals surface area contributed by atoms with Crippen LogP contribution in [0.2, 0.25) is 0 Å². The van der Waals surface area contributed by atoms with Gasteiger partial charge in [-0.05, 0) is 67.3 Å². The first-order valence-corrected chi connectivity index (χ1v) is 16.3. The van der Waals surface area contributed by atoms with Crippen LogP contribution in [0, 0.1) is 5.92 Å². The highest BCUT2D eigenvalue weighted by atomic mass is 32.2. The van der Waals surface area contributed by atoms with E-state index in [1.807, 2.05) is 36.4 Å². The summed E-state index contributed by atoms with van der Waals surface area (Å²) in [6, 6.07) is 14.7. The zero-order valence-corrected chi connectivity index (χ0v) is 24.8. The summed E-state index contributed by atoms with van der Waals surface area (Å²) in [4.78, 5) is 45.7. The van der Waals surface area contributed by atoms with Crippen molar-refractivity contribution in [2.24, 2.45) is 5.92 Å². The van der Waals surface area contributed by atoms with Crippen LogP contribution >= 0.6 is 0 Å². The summed E-state index contributed by atoms with van der Waals surface area (Å²) in [5.41, 5.74) is 1.06. The number of sulfonamides is 1. The van der Waals surface area contributed by atoms with Crippen LogP contribution in [0.1, 0.15) is 32.1 Å². The Morgan fingerprint density at radius 2 is 1.70 bits per heavy atom. The Bertz CT molecular complexity index is 1540. The molecule has 2 aromatic carbocycles. The third-order valence-corrected chi connectivity index (χ3v) is 9.56. The second-order valence-electron chi connectivity index (χ2n) is 11.1. The molecule has 1 aromatic heterocycles. The number of pyridine rings is 1. The van der Waals surface area contributed by atoms with E-state index in [1.54, 1.807) is 24.5 Å². The van der Waals surface area contributed by atoms with Crippen molar-refractivity contribution in [2.45, 2.75) is 49.1 Å². The zero-order valence-electron chi connectivity index (χ0n) is 24.0. The van der Waals surface area contributed by atoms with Crippen molar-refractivity contribution in [1.82, 2.24) is 25.7 Å². The first-order valence-electron chi connectivity index (χ1n) is 14.8. The highest BCUT2D eigenvalue weighted by Crippen LogP contribution is 2.23. The number of nitrogens with one attached hydrogen (secondary N) is 4. The van der Waals surface area contributed by atoms with Gasteiger partial charge in [0.15, 0.2) is 5.78 Å². The van der Waals surface area contributed by atoms with Gasteiger partial charge in [0.05, 0.1) is 17.5 Å². The molecule has 0 aliphatic carbocycles. The fourth-order valence-corrected chi connectivity index (χ4v) is 6.68. The lowest BCUT2D eigenvalue weighted by Crippen LogP contribution is -2.57. The van der Waals surface area contributed by atoms with Gasteiger partial charge in [-0.1, -0.05) is 36.8 Å². The van der Waals surface area contributed by atoms with Crippen LogP contribution in [0.4, 0.5) is 5.69 Å². The van der Waals surface area contributed by atoms with Crippen LogP contribution in [-0.4, -0.2) is 75.8 Å². The van der Waals surface area contributed by atoms with E-state index < -0.39 is 34.6 Å². The minimum Gasteiger partial charge on any atom is -0.371 e. The largest absolute Gasteiger partial charge is 0.371 e. The molecule has 2 aliphatic rings. The molecule has 2 fully saturated rings. The molecule has 2 aliphatic heterocycles. The summed E-state index contributed by atoms with van der Waals surface area (Å²) >= 11 is 0. The van der Waals surface area contributed by atoms with E-state index >= 15 is 0 Å². The number of hydrogen-bond donors (Lipinski definition) is 4. The van der Waals surface area contributed by atoms with E-state index in [0.29, 0.717) is 38.9 Å². The van der Waals surface area contributed by atoms with Crippen molar-refractivity contribution in [1.29, 1.82) is 0 Å². The topological polar surface area (TPSA) is 150 Å². The molecular weight excluding hydrogens is 568 g/mol. The number of nitrogens with zero attached hydrogens (tertiary/aromatic N) is 2. The minimum absolute atomic E-state index is 0.0534. The van der Waals surface area contributed by atoms with Crippen molar-refractivity contribution in [2.75, 3.05) is 37.6 Å². The Hall–Kier alpha value is -3.87. The smallest absolute Gasteiger partial charge is 0.241 e. The number of anilines is 1. The molecule has 2 unspecified atom stereocenters. The van der Waals surface area contributed by atoms with Crippen LogP contribution in [0.25, 0.3) is 10.8 Å². The standard InChI is InChI=1S/C31H38N6O5S/c38-29(21-35-43(41,42)26-9-8-22-5-1-2-6-24(22)19-26)34-20-28(30(39)27-7-3-4-14-33-27)36-31(40)23-12-17-37(18-13-23)25-10-15-32-16-11-25/h1-2,5-6,8-11,15-16,19,23,27-28,33,35H,3-4,7,12-14,17-18,20-21H2,(H,34,38)(H,36,40). The molecule has 0 saturated carbocycles. The molecule has 3 heterocycles. The molecule has 2 amide bonds. The van der Waals surface area contributed by atoms with Crippen LogP contribution in [0.15, 0.2) is 71.9 Å². The Kier molecular flexibility index (Phi) is 10.0. The molecule has 2 saturated heterocycles. The average molecular weight is 607 g/mol. The third-order valence-electron chi connectivity index (χ3n) is 8.16. The van der Waals surface area contributed by atoms with E-state index in [4.69, 9.17) is 0 Å². The van der Waals surface area contributed by atoms with Crippen LogP contribution < -0.4 is 25.6 Å². The van der Waals surface area contributed by atoms with Crippen LogP contribution in [0.3, 0.4) is 0 Å². The molecule has 0 radical (unpaired) electrons. The van der Waals surface area contributed by atoms with Gasteiger partial charge in [0.25, 0.3) is 0 Å². The van der Waals surface area contributed by atoms with Gasteiger partial charge in [-0.25, -0.2) is 13.1 Å². The zero-order chi connectivity index (χ0) is 30.2. The second kappa shape index (κ2) is 14.1. The van der Waals surface area contributed by atoms with Gasteiger partial charge in [-0.15, -0.1) is 0 Å². The van der Waals surface area contributed by atoms with Gasteiger partial charge in [-0.2, -0.15) is 0 Å². The average Bonchev–Trinajstić information content (AvgIpc) is 3.06. The first kappa shape index (κ1) is 30.6. The summed E-state index contributed by atoms with van der Waals surface area (Å²) in [5, 5.41) is 10.4. The van der Waals surface area contributed by atoms with E-state index in [9.17, 15) is 22.8 Å². The van der Waals surface area contributed by atoms with Crippen molar-refractivity contribution >= 4 is 44.1 Å². The maximum absolute atomic E-state index is 13.4. The van der Waals surface area contributed by atoms with Crippen molar-refractivity contribution in [3.8, 4) is 0 Å². The lowest BCUT2D eigenvalue weighted by atomic mass is 9.93. The van der Waals surface area contributed by atoms with Crippen molar-refractivity contribution in [3.63, 3.8) is 0 Å². The van der Waals surface area contributed by atoms with E-state index in [-0.39, 0.29) is 29.0 Å². The molecule has 3 aromatic rings. The molecule has 5 rings (SSSR count). The number of rotatable bonds is 11. The molecule has 11 nitrogen and oxygen atoms in total. The summed E-state index contributed by atoms with van der Waals surface area (Å²) in [6.07, 6.45) is 7.30. The third kappa shape index (κ3) is 7.95. The highest BCUT2D eigenvalue weighted by molar-refractivity contribution is 7.89. The van der Waals surface area contributed by atoms with Gasteiger partial charge >= 0.3 is 0 Å². The summed E-state index contributed by atoms with van der Waals surface area (Å²) in [7, 11) is -3.94. The SMILES string of the molecule is O=C(CNS(=O)(=O)c1ccc2ccccc2c1)NCC(NC(=O)C1CCN(c2ccncc2)CC1)C(=O)C1CCCCN1. The molecule has 12 heteroatoms. The number of Topliss-reactive ketones (excluding diaryl/α,β-unsaturated/α-hetero) is 1. The molecule has 2 atom stereocenters. The summed E-state index contributed by atoms with van der Waals surface area (Å²) in [6.45, 7) is 1.50.